The molecular formula is C21H17ClFNO5. The van der Waals surface area contributed by atoms with Crippen molar-refractivity contribution in [3.05, 3.63) is 63.2 Å². The van der Waals surface area contributed by atoms with Crippen LogP contribution in [0.4, 0.5) is 4.39 Å². The first-order chi connectivity index (χ1) is 13.7. The monoisotopic (exact) mass is 417 g/mol. The van der Waals surface area contributed by atoms with Crippen molar-refractivity contribution in [3.8, 4) is 17.2 Å². The van der Waals surface area contributed by atoms with Crippen LogP contribution in [0.2, 0.25) is 5.02 Å². The number of rotatable bonds is 6. The highest BCUT2D eigenvalue weighted by atomic mass is 35.5. The largest absolute Gasteiger partial charge is 0.506 e. The summed E-state index contributed by atoms with van der Waals surface area (Å²) in [5, 5.41) is 11.0. The van der Waals surface area contributed by atoms with Gasteiger partial charge in [0.25, 0.3) is 5.56 Å². The molecule has 0 unspecified atom stereocenters. The molecule has 0 aliphatic rings. The zero-order valence-corrected chi connectivity index (χ0v) is 16.4. The van der Waals surface area contributed by atoms with Gasteiger partial charge in [0.05, 0.1) is 10.5 Å². The summed E-state index contributed by atoms with van der Waals surface area (Å²) in [5.41, 5.74) is -0.742. The van der Waals surface area contributed by atoms with Crippen molar-refractivity contribution >= 4 is 34.1 Å². The molecule has 1 N–H and O–H groups in total. The highest BCUT2D eigenvalue weighted by Crippen LogP contribution is 2.34. The molecule has 0 saturated heterocycles. The van der Waals surface area contributed by atoms with Crippen molar-refractivity contribution < 1.29 is 23.8 Å². The first kappa shape index (κ1) is 20.5. The van der Waals surface area contributed by atoms with Gasteiger partial charge in [-0.25, -0.2) is 4.39 Å². The fourth-order valence-corrected chi connectivity index (χ4v) is 3.07. The lowest BCUT2D eigenvalue weighted by Gasteiger charge is -2.13. The highest BCUT2D eigenvalue weighted by Gasteiger charge is 2.21. The Morgan fingerprint density at radius 3 is 2.59 bits per heavy atom. The Morgan fingerprint density at radius 2 is 1.90 bits per heavy atom. The van der Waals surface area contributed by atoms with Gasteiger partial charge >= 0.3 is 0 Å². The van der Waals surface area contributed by atoms with Crippen LogP contribution in [-0.2, 0) is 11.8 Å². The molecule has 2 aromatic carbocycles. The van der Waals surface area contributed by atoms with Crippen LogP contribution < -0.4 is 10.3 Å². The van der Waals surface area contributed by atoms with Gasteiger partial charge in [0.1, 0.15) is 34.4 Å². The average molecular weight is 418 g/mol. The Balaban J connectivity index is 2.06. The third kappa shape index (κ3) is 4.14. The fourth-order valence-electron chi connectivity index (χ4n) is 2.91. The van der Waals surface area contributed by atoms with Crippen molar-refractivity contribution in [2.45, 2.75) is 19.8 Å². The van der Waals surface area contributed by atoms with Crippen molar-refractivity contribution in [1.29, 1.82) is 0 Å². The van der Waals surface area contributed by atoms with Gasteiger partial charge in [0, 0.05) is 37.4 Å². The Hall–Kier alpha value is -3.19. The zero-order valence-electron chi connectivity index (χ0n) is 15.7. The van der Waals surface area contributed by atoms with Crippen LogP contribution in [0.15, 0.2) is 41.2 Å². The molecule has 3 aromatic rings. The van der Waals surface area contributed by atoms with Crippen molar-refractivity contribution in [1.82, 2.24) is 4.57 Å². The minimum atomic E-state index is -0.690. The van der Waals surface area contributed by atoms with E-state index in [0.29, 0.717) is 5.52 Å². The number of nitrogens with zero attached hydrogens (tertiary/aromatic N) is 1. The van der Waals surface area contributed by atoms with Gasteiger partial charge in [-0.05, 0) is 31.2 Å². The minimum absolute atomic E-state index is 0.0133. The SMILES string of the molecule is CC(=O)CCC(=O)c1c(O)c2ccc(Oc3cc(F)ccc3Cl)cc2n(C)c1=O. The molecule has 0 bridgehead atoms. The van der Waals surface area contributed by atoms with Gasteiger partial charge in [0.2, 0.25) is 0 Å². The second kappa shape index (κ2) is 8.05. The van der Waals surface area contributed by atoms with Gasteiger partial charge in [-0.2, -0.15) is 0 Å². The number of halogens is 2. The maximum absolute atomic E-state index is 13.4. The normalized spacial score (nSPS) is 10.9. The van der Waals surface area contributed by atoms with Crippen molar-refractivity contribution in [2.75, 3.05) is 0 Å². The predicted octanol–water partition coefficient (Wildman–Crippen LogP) is 4.38. The summed E-state index contributed by atoms with van der Waals surface area (Å²) < 4.78 is 20.2. The molecule has 8 heteroatoms. The number of Topliss-reactive ketones (excluding diaryl/α,β-unsaturated/α-hetero) is 2. The molecule has 0 atom stereocenters. The van der Waals surface area contributed by atoms with Crippen molar-refractivity contribution in [2.24, 2.45) is 7.05 Å². The molecule has 0 spiro atoms. The Labute approximate surface area is 170 Å². The molecule has 150 valence electrons. The Bertz CT molecular complexity index is 1200. The number of ketones is 2. The number of carbonyl (C=O) groups excluding carboxylic acids is 2. The van der Waals surface area contributed by atoms with Crippen LogP contribution >= 0.6 is 11.6 Å². The highest BCUT2D eigenvalue weighted by molar-refractivity contribution is 6.32. The standard InChI is InChI=1S/C21H17ClFNO5/c1-11(25)3-8-17(26)19-20(27)14-6-5-13(10-16(14)24(2)21(19)28)29-18-9-12(23)4-7-15(18)22/h4-7,9-10,27H,3,8H2,1-2H3. The van der Waals surface area contributed by atoms with Gasteiger partial charge in [0.15, 0.2) is 5.78 Å². The van der Waals surface area contributed by atoms with E-state index >= 15 is 0 Å². The molecule has 0 radical (unpaired) electrons. The van der Waals surface area contributed by atoms with Gasteiger partial charge in [-0.15, -0.1) is 0 Å². The fraction of sp³-hybridized carbons (Fsp3) is 0.190. The molecule has 1 heterocycles. The lowest BCUT2D eigenvalue weighted by atomic mass is 10.0. The van der Waals surface area contributed by atoms with E-state index in [9.17, 15) is 23.9 Å². The summed E-state index contributed by atoms with van der Waals surface area (Å²) in [4.78, 5) is 36.1. The molecule has 29 heavy (non-hydrogen) atoms. The van der Waals surface area contributed by atoms with E-state index in [0.717, 1.165) is 6.07 Å². The maximum Gasteiger partial charge on any atom is 0.265 e. The topological polar surface area (TPSA) is 85.6 Å². The Morgan fingerprint density at radius 1 is 1.17 bits per heavy atom. The summed E-state index contributed by atoms with van der Waals surface area (Å²) >= 11 is 6.01. The molecule has 0 aliphatic carbocycles. The molecule has 0 amide bonds. The van der Waals surface area contributed by atoms with Gasteiger partial charge in [-0.3, -0.25) is 9.59 Å². The van der Waals surface area contributed by atoms with E-state index in [1.807, 2.05) is 0 Å². The second-order valence-electron chi connectivity index (χ2n) is 6.57. The van der Waals surface area contributed by atoms with E-state index in [2.05, 4.69) is 0 Å². The number of carbonyl (C=O) groups is 2. The number of benzene rings is 2. The maximum atomic E-state index is 13.4. The molecular weight excluding hydrogens is 401 g/mol. The van der Waals surface area contributed by atoms with Crippen molar-refractivity contribution in [3.63, 3.8) is 0 Å². The number of ether oxygens (including phenoxy) is 1. The van der Waals surface area contributed by atoms with Gasteiger partial charge in [-0.1, -0.05) is 11.6 Å². The summed E-state index contributed by atoms with van der Waals surface area (Å²) in [6, 6.07) is 8.13. The molecule has 0 fully saturated rings. The van der Waals surface area contributed by atoms with E-state index in [4.69, 9.17) is 16.3 Å². The summed E-state index contributed by atoms with van der Waals surface area (Å²) in [7, 11) is 1.45. The summed E-state index contributed by atoms with van der Waals surface area (Å²) in [6.07, 6.45) is -0.177. The number of fused-ring (bicyclic) bond motifs is 1. The molecule has 0 aliphatic heterocycles. The minimum Gasteiger partial charge on any atom is -0.506 e. The summed E-state index contributed by atoms with van der Waals surface area (Å²) in [5.74, 6) is -1.41. The number of aryl methyl sites for hydroxylation is 1. The lowest BCUT2D eigenvalue weighted by Crippen LogP contribution is -2.25. The molecule has 6 nitrogen and oxygen atoms in total. The van der Waals surface area contributed by atoms with E-state index in [-0.39, 0.29) is 46.1 Å². The van der Waals surface area contributed by atoms with Gasteiger partial charge < -0.3 is 19.2 Å². The van der Waals surface area contributed by atoms with Crippen LogP contribution in [-0.4, -0.2) is 21.2 Å². The first-order valence-corrected chi connectivity index (χ1v) is 9.08. The van der Waals surface area contributed by atoms with Crippen LogP contribution in [0.1, 0.15) is 30.1 Å². The van der Waals surface area contributed by atoms with Crippen LogP contribution in [0.25, 0.3) is 10.9 Å². The Kier molecular flexibility index (Phi) is 5.70. The summed E-state index contributed by atoms with van der Waals surface area (Å²) in [6.45, 7) is 1.35. The number of hydrogen-bond acceptors (Lipinski definition) is 5. The van der Waals surface area contributed by atoms with Crippen LogP contribution in [0, 0.1) is 5.82 Å². The number of aromatic nitrogens is 1. The zero-order chi connectivity index (χ0) is 21.3. The van der Waals surface area contributed by atoms with E-state index in [1.165, 1.54) is 48.9 Å². The number of hydrogen-bond donors (Lipinski definition) is 1. The second-order valence-corrected chi connectivity index (χ2v) is 6.98. The third-order valence-corrected chi connectivity index (χ3v) is 4.76. The number of aromatic hydroxyl groups is 1. The lowest BCUT2D eigenvalue weighted by molar-refractivity contribution is -0.116. The van der Waals surface area contributed by atoms with E-state index in [1.54, 1.807) is 0 Å². The quantitative estimate of drug-likeness (QED) is 0.601. The van der Waals surface area contributed by atoms with E-state index < -0.39 is 22.9 Å². The predicted molar refractivity (Wildman–Crippen MR) is 107 cm³/mol. The molecule has 1 aromatic heterocycles. The molecule has 0 saturated carbocycles. The third-order valence-electron chi connectivity index (χ3n) is 4.44. The van der Waals surface area contributed by atoms with Crippen LogP contribution in [0.5, 0.6) is 17.2 Å². The first-order valence-electron chi connectivity index (χ1n) is 8.70. The average Bonchev–Trinajstić information content (AvgIpc) is 2.67. The van der Waals surface area contributed by atoms with Crippen LogP contribution in [0.3, 0.4) is 0 Å². The smallest absolute Gasteiger partial charge is 0.265 e. The number of pyridine rings is 1. The molecule has 3 rings (SSSR count).